The van der Waals surface area contributed by atoms with Crippen LogP contribution >= 0.6 is 11.8 Å². The number of epoxide rings is 1. The molecule has 2 saturated heterocycles. The number of rotatable bonds is 50. The number of ether oxygens (including phenoxy) is 3. The lowest BCUT2D eigenvalue weighted by molar-refractivity contribution is -0.143. The number of hydrogen-bond acceptors (Lipinski definition) is 26. The van der Waals surface area contributed by atoms with Gasteiger partial charge in [-0.05, 0) is 154 Å². The third-order valence-electron chi connectivity index (χ3n) is 26.3. The van der Waals surface area contributed by atoms with Gasteiger partial charge in [-0.3, -0.25) is 91.5 Å². The third kappa shape index (κ3) is 31.2. The summed E-state index contributed by atoms with van der Waals surface area (Å²) in [7, 11) is 0. The number of amides is 12. The SMILES string of the molecule is CSCC[C@H](NC(=O)[C@H](CC(C)C)NC(=O)[C@H](C/C(N)=C/N)NC(=O)CNC(=O)[C@@H](NC(=O)[C@H](C)NC(=O)[C@H](Cc1c[nH]c2ccccc12)NC(=O)[C@H](CCC(N)=O)NC(=O)CC[C@@H](C)[C@H]1CCC2C3C(C[C@@H]4O[C@@]241)[C@@]1(C)CC[C@H](NC(=O)COCCOCCNC(=O)CN2CCN(CC(=O)O)CCN(CC(=O)O)CCN(CC(=O)O)CC2)CC1C[C@H]3O)C(C)C)C(N)=O. The molecule has 4 unspecified atom stereocenters. The zero-order valence-electron chi connectivity index (χ0n) is 75.5. The van der Waals surface area contributed by atoms with Crippen LogP contribution in [0.3, 0.4) is 0 Å². The molecule has 1 aromatic carbocycles. The van der Waals surface area contributed by atoms with E-state index in [9.17, 15) is 92.3 Å². The third-order valence-corrected chi connectivity index (χ3v) is 27.0. The molecule has 1 aromatic heterocycles. The van der Waals surface area contributed by atoms with Crippen molar-refractivity contribution < 1.29 is 107 Å². The molecule has 23 N–H and O–H groups in total. The van der Waals surface area contributed by atoms with Gasteiger partial charge in [0.25, 0.3) is 0 Å². The highest BCUT2D eigenvalue weighted by atomic mass is 32.2. The van der Waals surface area contributed by atoms with Crippen molar-refractivity contribution in [2.45, 2.75) is 211 Å². The largest absolute Gasteiger partial charge is 0.480 e. The Kier molecular flexibility index (Phi) is 40.5. The van der Waals surface area contributed by atoms with E-state index < -0.39 is 143 Å². The van der Waals surface area contributed by atoms with Gasteiger partial charge in [0.15, 0.2) is 0 Å². The second kappa shape index (κ2) is 50.0. The zero-order valence-corrected chi connectivity index (χ0v) is 76.4. The van der Waals surface area contributed by atoms with Crippen LogP contribution in [0.15, 0.2) is 42.4 Å². The monoisotopic (exact) mass is 1830 g/mol. The molecule has 0 bridgehead atoms. The summed E-state index contributed by atoms with van der Waals surface area (Å²) in [5.74, 6) is -11.2. The smallest absolute Gasteiger partial charge is 0.317 e. The van der Waals surface area contributed by atoms with E-state index in [-0.39, 0.29) is 220 Å². The van der Waals surface area contributed by atoms with E-state index in [1.807, 2.05) is 43.2 Å². The molecule has 6 fully saturated rings. The Labute approximate surface area is 756 Å². The highest BCUT2D eigenvalue weighted by Gasteiger charge is 2.76. The van der Waals surface area contributed by atoms with Crippen LogP contribution in [0.25, 0.3) is 10.9 Å². The number of hydrogen-bond donors (Lipinski definition) is 19. The molecule has 2 aliphatic heterocycles. The molecular weight excluding hydrogens is 1700 g/mol. The Morgan fingerprint density at radius 2 is 1.19 bits per heavy atom. The number of aromatic nitrogens is 1. The fourth-order valence-corrected chi connectivity index (χ4v) is 20.0. The summed E-state index contributed by atoms with van der Waals surface area (Å²) in [6.45, 7) is 13.6. The van der Waals surface area contributed by atoms with Crippen LogP contribution in [0.5, 0.6) is 0 Å². The normalized spacial score (nSPS) is 24.6. The van der Waals surface area contributed by atoms with Crippen molar-refractivity contribution in [2.75, 3.05) is 130 Å². The van der Waals surface area contributed by atoms with Crippen LogP contribution < -0.4 is 76.1 Å². The standard InChI is InChI=1S/C87H139N19O22S/c1-49(2)35-64(83(123)99-62(79(91)119)20-34-129-8)100-84(124)66(39-55(89)41-88)98-71(110)43-94-85(125)78(50(3)4)102-80(120)52(6)95-82(122)65(36-53-42-93-61-12-10-9-11-57(53)61)101-81(121)63(16-17-69(90)108)97-70(109)18-13-51(5)58-14-15-59-77-60(40-68-87(58,59)128-68)86(7)21-19-56(37-54(86)38-67(77)107)96-73(112)48-127-33-32-126-31-22-92-72(111)44-103-23-25-104(45-74(113)114)27-29-106(47-76(117)118)30-28-105(26-24-103)46-75(115)116/h9-12,41-42,49-52,54,56,58-60,62-68,77-78,93,107H,13-40,43-48,88-89H2,1-8H3,(H2,90,108)(H2,91,119)(H,92,111)(H,94,125)(H,95,122)(H,96,112)(H,97,109)(H,98,110)(H,99,123)(H,100,124)(H,101,121)(H,102,120)(H,113,114)(H,115,116)(H,117,118)/b55-41-/t51-,52+,54?,56+,58-,59?,60?,62+,63+,64+,65+,66+,67-,68+,77?,78+,86+,87+/m1/s1. The van der Waals surface area contributed by atoms with Gasteiger partial charge in [-0.2, -0.15) is 11.8 Å². The molecule has 12 amide bonds. The number of carbonyl (C=O) groups is 15. The van der Waals surface area contributed by atoms with E-state index in [1.165, 1.54) is 18.7 Å². The number of nitrogens with two attached hydrogens (primary N) is 4. The number of primary amides is 2. The van der Waals surface area contributed by atoms with Crippen molar-refractivity contribution in [3.8, 4) is 0 Å². The van der Waals surface area contributed by atoms with E-state index >= 15 is 0 Å². The predicted molar refractivity (Wildman–Crippen MR) is 475 cm³/mol. The Morgan fingerprint density at radius 1 is 0.605 bits per heavy atom. The first-order chi connectivity index (χ1) is 61.2. The van der Waals surface area contributed by atoms with Crippen molar-refractivity contribution in [1.82, 2.24) is 77.8 Å². The Balaban J connectivity index is 0.788. The molecule has 720 valence electrons. The average molecular weight is 1840 g/mol. The number of nitrogens with zero attached hydrogens (tertiary/aromatic N) is 4. The van der Waals surface area contributed by atoms with Gasteiger partial charge in [0.05, 0.1) is 64.8 Å². The number of aliphatic carboxylic acids is 3. The fraction of sp³-hybridized carbons (Fsp3) is 0.713. The molecular formula is C87H139N19O22S. The summed E-state index contributed by atoms with van der Waals surface area (Å²) in [4.78, 5) is 208. The number of H-pyrrole nitrogens is 1. The van der Waals surface area contributed by atoms with Crippen LogP contribution in [0.1, 0.15) is 144 Å². The minimum Gasteiger partial charge on any atom is -0.480 e. The number of carboxylic acids is 3. The molecule has 0 radical (unpaired) electrons. The molecule has 4 saturated carbocycles. The van der Waals surface area contributed by atoms with Crippen molar-refractivity contribution in [2.24, 2.45) is 75.7 Å². The molecule has 4 aliphatic carbocycles. The minimum atomic E-state index is -1.41. The van der Waals surface area contributed by atoms with Gasteiger partial charge in [0.1, 0.15) is 54.5 Å². The highest BCUT2D eigenvalue weighted by Crippen LogP contribution is 2.72. The number of aromatic amines is 1. The highest BCUT2D eigenvalue weighted by molar-refractivity contribution is 7.98. The van der Waals surface area contributed by atoms with Crippen LogP contribution in [0.2, 0.25) is 0 Å². The number of nitrogens with one attached hydrogen (secondary N) is 11. The molecule has 42 heteroatoms. The topological polar surface area (TPSA) is 621 Å². The lowest BCUT2D eigenvalue weighted by Crippen LogP contribution is -2.60. The molecule has 6 aliphatic rings. The zero-order chi connectivity index (χ0) is 94.6. The lowest BCUT2D eigenvalue weighted by atomic mass is 9.46. The quantitative estimate of drug-likeness (QED) is 0.0240. The fourth-order valence-electron chi connectivity index (χ4n) is 19.5. The van der Waals surface area contributed by atoms with Crippen molar-refractivity contribution in [3.63, 3.8) is 0 Å². The number of carboxylic acid groups (broad SMARTS) is 3. The first kappa shape index (κ1) is 105. The lowest BCUT2D eigenvalue weighted by Gasteiger charge is -2.59. The maximum Gasteiger partial charge on any atom is 0.317 e. The summed E-state index contributed by atoms with van der Waals surface area (Å²) < 4.78 is 18.3. The molecule has 2 aromatic rings. The minimum absolute atomic E-state index is 0.00184. The summed E-state index contributed by atoms with van der Waals surface area (Å²) in [5, 5.41) is 68.7. The van der Waals surface area contributed by atoms with Crippen LogP contribution in [-0.4, -0.2) is 330 Å². The first-order valence-corrected chi connectivity index (χ1v) is 46.4. The van der Waals surface area contributed by atoms with Gasteiger partial charge in [-0.25, -0.2) is 0 Å². The number of aliphatic hydroxyl groups is 1. The first-order valence-electron chi connectivity index (χ1n) is 45.0. The van der Waals surface area contributed by atoms with Crippen molar-refractivity contribution in [1.29, 1.82) is 0 Å². The van der Waals surface area contributed by atoms with Gasteiger partial charge in [-0.15, -0.1) is 0 Å². The van der Waals surface area contributed by atoms with E-state index in [0.717, 1.165) is 49.2 Å². The van der Waals surface area contributed by atoms with Crippen LogP contribution in [0, 0.1) is 52.8 Å². The average Bonchev–Trinajstić information content (AvgIpc) is 1.50. The molecule has 8 rings (SSSR count). The summed E-state index contributed by atoms with van der Waals surface area (Å²) >= 11 is 1.45. The number of fused-ring (bicyclic) bond motifs is 5. The van der Waals surface area contributed by atoms with Gasteiger partial charge >= 0.3 is 17.9 Å². The maximum absolute atomic E-state index is 14.6. The number of carbonyl (C=O) groups excluding carboxylic acids is 12. The summed E-state index contributed by atoms with van der Waals surface area (Å²) in [6.07, 6.45) is 9.02. The Hall–Kier alpha value is -9.82. The van der Waals surface area contributed by atoms with Crippen LogP contribution in [-0.2, 0) is 92.5 Å². The number of para-hydroxylation sites is 1. The number of aliphatic hydroxyl groups excluding tert-OH is 1. The Bertz CT molecular complexity index is 4200. The van der Waals surface area contributed by atoms with Gasteiger partial charge in [0, 0.05) is 120 Å². The molecule has 1 spiro atoms. The second-order valence-electron chi connectivity index (χ2n) is 36.5. The van der Waals surface area contributed by atoms with Crippen molar-refractivity contribution >= 4 is 111 Å². The molecule has 3 heterocycles. The van der Waals surface area contributed by atoms with Crippen LogP contribution in [0.4, 0.5) is 0 Å². The summed E-state index contributed by atoms with van der Waals surface area (Å²) in [5.41, 5.74) is 23.6. The van der Waals surface area contributed by atoms with Gasteiger partial charge < -0.3 is 116 Å². The Morgan fingerprint density at radius 3 is 1.80 bits per heavy atom. The van der Waals surface area contributed by atoms with E-state index in [1.54, 1.807) is 40.8 Å². The van der Waals surface area contributed by atoms with Gasteiger partial charge in [0.2, 0.25) is 70.9 Å². The number of thioether (sulfide) groups is 1. The molecule has 129 heavy (non-hydrogen) atoms. The predicted octanol–water partition coefficient (Wildman–Crippen LogP) is -2.51. The van der Waals surface area contributed by atoms with E-state index in [4.69, 9.17) is 37.1 Å². The second-order valence-corrected chi connectivity index (χ2v) is 37.4. The molecule has 41 nitrogen and oxygen atoms in total. The van der Waals surface area contributed by atoms with Crippen molar-refractivity contribution in [3.05, 3.63) is 47.9 Å². The maximum atomic E-state index is 14.6. The van der Waals surface area contributed by atoms with Gasteiger partial charge in [-0.1, -0.05) is 59.7 Å². The van der Waals surface area contributed by atoms with E-state index in [0.29, 0.717) is 43.7 Å². The number of benzene rings is 1. The summed E-state index contributed by atoms with van der Waals surface area (Å²) in [6, 6.07) is -1.86. The van der Waals surface area contributed by atoms with E-state index in [2.05, 4.69) is 72.0 Å². The molecule has 18 atom stereocenters.